The zero-order valence-corrected chi connectivity index (χ0v) is 15.9. The Kier molecular flexibility index (Phi) is 5.59. The molecule has 0 aliphatic carbocycles. The SMILES string of the molecule is COC(=O)c1cccc(S(=O)(=O)N2CCNCC2c2cccc(F)c2)c1C. The molecule has 1 aliphatic heterocycles. The number of benzene rings is 2. The summed E-state index contributed by atoms with van der Waals surface area (Å²) in [5, 5.41) is 3.16. The van der Waals surface area contributed by atoms with E-state index in [9.17, 15) is 17.6 Å². The maximum absolute atomic E-state index is 13.7. The lowest BCUT2D eigenvalue weighted by Gasteiger charge is -2.35. The Morgan fingerprint density at radius 1 is 1.26 bits per heavy atom. The van der Waals surface area contributed by atoms with E-state index < -0.39 is 27.9 Å². The number of piperazine rings is 1. The zero-order valence-electron chi connectivity index (χ0n) is 15.1. The Bertz CT molecular complexity index is 962. The van der Waals surface area contributed by atoms with E-state index in [2.05, 4.69) is 5.32 Å². The van der Waals surface area contributed by atoms with Crippen molar-refractivity contribution in [3.8, 4) is 0 Å². The van der Waals surface area contributed by atoms with Crippen LogP contribution >= 0.6 is 0 Å². The van der Waals surface area contributed by atoms with E-state index in [1.807, 2.05) is 0 Å². The normalized spacial score (nSPS) is 18.3. The molecule has 3 rings (SSSR count). The van der Waals surface area contributed by atoms with Crippen LogP contribution in [0.4, 0.5) is 4.39 Å². The van der Waals surface area contributed by atoms with E-state index in [0.717, 1.165) is 0 Å². The number of halogens is 1. The number of nitrogens with one attached hydrogen (secondary N) is 1. The average Bonchev–Trinajstić information content (AvgIpc) is 2.67. The van der Waals surface area contributed by atoms with Crippen LogP contribution in [-0.2, 0) is 14.8 Å². The molecule has 1 fully saturated rings. The molecule has 1 aliphatic rings. The van der Waals surface area contributed by atoms with Gasteiger partial charge in [-0.3, -0.25) is 0 Å². The van der Waals surface area contributed by atoms with Crippen LogP contribution < -0.4 is 5.32 Å². The molecule has 0 radical (unpaired) electrons. The van der Waals surface area contributed by atoms with E-state index in [4.69, 9.17) is 4.74 Å². The molecule has 1 unspecified atom stereocenters. The summed E-state index contributed by atoms with van der Waals surface area (Å²) in [5.74, 6) is -1.01. The number of nitrogens with zero attached hydrogens (tertiary/aromatic N) is 1. The molecule has 1 atom stereocenters. The molecule has 27 heavy (non-hydrogen) atoms. The molecular weight excluding hydrogens is 371 g/mol. The van der Waals surface area contributed by atoms with Gasteiger partial charge in [0.25, 0.3) is 0 Å². The standard InChI is InChI=1S/C19H21FN2O4S/c1-13-16(19(23)26-2)7-4-8-18(13)27(24,25)22-10-9-21-12-17(22)14-5-3-6-15(20)11-14/h3-8,11,17,21H,9-10,12H2,1-2H3. The van der Waals surface area contributed by atoms with Crippen molar-refractivity contribution in [3.63, 3.8) is 0 Å². The first-order chi connectivity index (χ1) is 12.9. The smallest absolute Gasteiger partial charge is 0.338 e. The minimum Gasteiger partial charge on any atom is -0.465 e. The average molecular weight is 392 g/mol. The van der Waals surface area contributed by atoms with Crippen LogP contribution in [0.5, 0.6) is 0 Å². The Hall–Kier alpha value is -2.29. The largest absolute Gasteiger partial charge is 0.465 e. The summed E-state index contributed by atoms with van der Waals surface area (Å²) in [4.78, 5) is 12.0. The number of carbonyl (C=O) groups excluding carboxylic acids is 1. The first-order valence-corrected chi connectivity index (χ1v) is 9.96. The molecule has 1 saturated heterocycles. The van der Waals surface area contributed by atoms with Crippen molar-refractivity contribution in [1.82, 2.24) is 9.62 Å². The van der Waals surface area contributed by atoms with E-state index >= 15 is 0 Å². The van der Waals surface area contributed by atoms with Crippen molar-refractivity contribution in [1.29, 1.82) is 0 Å². The summed E-state index contributed by atoms with van der Waals surface area (Å²) in [6.07, 6.45) is 0. The van der Waals surface area contributed by atoms with Gasteiger partial charge in [0.2, 0.25) is 10.0 Å². The zero-order chi connectivity index (χ0) is 19.6. The fourth-order valence-corrected chi connectivity index (χ4v) is 5.19. The van der Waals surface area contributed by atoms with Gasteiger partial charge >= 0.3 is 5.97 Å². The maximum atomic E-state index is 13.7. The van der Waals surface area contributed by atoms with Crippen LogP contribution in [0.3, 0.4) is 0 Å². The fraction of sp³-hybridized carbons (Fsp3) is 0.316. The summed E-state index contributed by atoms with van der Waals surface area (Å²) in [7, 11) is -2.65. The Morgan fingerprint density at radius 3 is 2.70 bits per heavy atom. The minimum absolute atomic E-state index is 0.0497. The lowest BCUT2D eigenvalue weighted by molar-refractivity contribution is 0.0599. The van der Waals surface area contributed by atoms with Crippen LogP contribution in [0.1, 0.15) is 27.5 Å². The van der Waals surface area contributed by atoms with Crippen LogP contribution in [-0.4, -0.2) is 45.4 Å². The quantitative estimate of drug-likeness (QED) is 0.808. The van der Waals surface area contributed by atoms with Gasteiger partial charge in [-0.2, -0.15) is 4.31 Å². The van der Waals surface area contributed by atoms with Crippen LogP contribution in [0, 0.1) is 12.7 Å². The Morgan fingerprint density at radius 2 is 2.00 bits per heavy atom. The first-order valence-electron chi connectivity index (χ1n) is 8.52. The fourth-order valence-electron chi connectivity index (χ4n) is 3.32. The Labute approximate surface area is 158 Å². The molecule has 6 nitrogen and oxygen atoms in total. The van der Waals surface area contributed by atoms with Gasteiger partial charge < -0.3 is 10.1 Å². The van der Waals surface area contributed by atoms with Crippen molar-refractivity contribution in [2.75, 3.05) is 26.7 Å². The third-order valence-corrected chi connectivity index (χ3v) is 6.76. The molecule has 0 aromatic heterocycles. The van der Waals surface area contributed by atoms with Crippen LogP contribution in [0.2, 0.25) is 0 Å². The number of sulfonamides is 1. The van der Waals surface area contributed by atoms with Gasteiger partial charge in [0.1, 0.15) is 5.82 Å². The maximum Gasteiger partial charge on any atom is 0.338 e. The van der Waals surface area contributed by atoms with Crippen molar-refractivity contribution in [2.24, 2.45) is 0 Å². The molecule has 8 heteroatoms. The third kappa shape index (κ3) is 3.73. The number of hydrogen-bond acceptors (Lipinski definition) is 5. The summed E-state index contributed by atoms with van der Waals surface area (Å²) in [6, 6.07) is 9.92. The molecule has 1 heterocycles. The highest BCUT2D eigenvalue weighted by atomic mass is 32.2. The van der Waals surface area contributed by atoms with Crippen LogP contribution in [0.25, 0.3) is 0 Å². The summed E-state index contributed by atoms with van der Waals surface area (Å²) < 4.78 is 46.6. The topological polar surface area (TPSA) is 75.7 Å². The van der Waals surface area contributed by atoms with Crippen molar-refractivity contribution < 1.29 is 22.3 Å². The summed E-state index contributed by atoms with van der Waals surface area (Å²) in [5.41, 5.74) is 1.12. The highest BCUT2D eigenvalue weighted by Gasteiger charge is 2.36. The van der Waals surface area contributed by atoms with E-state index in [1.54, 1.807) is 19.1 Å². The second-order valence-corrected chi connectivity index (χ2v) is 8.17. The molecule has 1 N–H and O–H groups in total. The number of ether oxygens (including phenoxy) is 1. The van der Waals surface area contributed by atoms with Gasteiger partial charge in [0.05, 0.1) is 23.6 Å². The van der Waals surface area contributed by atoms with Crippen molar-refractivity contribution in [2.45, 2.75) is 17.9 Å². The summed E-state index contributed by atoms with van der Waals surface area (Å²) >= 11 is 0. The second kappa shape index (κ2) is 7.75. The number of hydrogen-bond donors (Lipinski definition) is 1. The Balaban J connectivity index is 2.06. The number of methoxy groups -OCH3 is 1. The number of esters is 1. The van der Waals surface area contributed by atoms with E-state index in [0.29, 0.717) is 24.2 Å². The molecule has 144 valence electrons. The summed E-state index contributed by atoms with van der Waals surface area (Å²) in [6.45, 7) is 2.68. The van der Waals surface area contributed by atoms with Crippen molar-refractivity contribution in [3.05, 3.63) is 65.0 Å². The van der Waals surface area contributed by atoms with Gasteiger partial charge in [-0.1, -0.05) is 18.2 Å². The molecule has 2 aromatic rings. The van der Waals surface area contributed by atoms with Gasteiger partial charge in [0.15, 0.2) is 0 Å². The van der Waals surface area contributed by atoms with Gasteiger partial charge in [0, 0.05) is 19.6 Å². The molecule has 0 bridgehead atoms. The lowest BCUT2D eigenvalue weighted by Crippen LogP contribution is -2.48. The van der Waals surface area contributed by atoms with Crippen molar-refractivity contribution >= 4 is 16.0 Å². The third-order valence-electron chi connectivity index (χ3n) is 4.70. The second-order valence-electron chi connectivity index (χ2n) is 6.31. The van der Waals surface area contributed by atoms with Gasteiger partial charge in [-0.05, 0) is 42.3 Å². The van der Waals surface area contributed by atoms with Crippen LogP contribution in [0.15, 0.2) is 47.4 Å². The molecular formula is C19H21FN2O4S. The highest BCUT2D eigenvalue weighted by Crippen LogP contribution is 2.31. The first kappa shape index (κ1) is 19.5. The monoisotopic (exact) mass is 392 g/mol. The predicted octanol–water partition coefficient (Wildman–Crippen LogP) is 2.26. The minimum atomic E-state index is -3.90. The molecule has 0 saturated carbocycles. The predicted molar refractivity (Wildman–Crippen MR) is 98.4 cm³/mol. The van der Waals surface area contributed by atoms with Gasteiger partial charge in [-0.25, -0.2) is 17.6 Å². The highest BCUT2D eigenvalue weighted by molar-refractivity contribution is 7.89. The molecule has 0 spiro atoms. The lowest BCUT2D eigenvalue weighted by atomic mass is 10.1. The number of rotatable bonds is 4. The molecule has 2 aromatic carbocycles. The number of carbonyl (C=O) groups is 1. The van der Waals surface area contributed by atoms with Gasteiger partial charge in [-0.15, -0.1) is 0 Å². The van der Waals surface area contributed by atoms with E-state index in [1.165, 1.54) is 41.7 Å². The molecule has 0 amide bonds. The van der Waals surface area contributed by atoms with E-state index in [-0.39, 0.29) is 17.0 Å².